The summed E-state index contributed by atoms with van der Waals surface area (Å²) in [5, 5.41) is 6.90. The summed E-state index contributed by atoms with van der Waals surface area (Å²) < 4.78 is 18.5. The second-order valence-corrected chi connectivity index (χ2v) is 8.52. The number of hydrogen-bond acceptors (Lipinski definition) is 6. The van der Waals surface area contributed by atoms with Crippen LogP contribution in [-0.2, 0) is 6.54 Å². The minimum Gasteiger partial charge on any atom is -0.355 e. The lowest BCUT2D eigenvalue weighted by Gasteiger charge is -2.33. The van der Waals surface area contributed by atoms with Crippen LogP contribution in [0, 0.1) is 5.82 Å². The van der Waals surface area contributed by atoms with Gasteiger partial charge >= 0.3 is 0 Å². The summed E-state index contributed by atoms with van der Waals surface area (Å²) in [6.07, 6.45) is 0. The van der Waals surface area contributed by atoms with E-state index >= 15 is 0 Å². The highest BCUT2D eigenvalue weighted by atomic mass is 32.1. The average Bonchev–Trinajstić information content (AvgIpc) is 3.51. The Morgan fingerprint density at radius 3 is 2.50 bits per heavy atom. The molecule has 0 radical (unpaired) electrons. The van der Waals surface area contributed by atoms with E-state index in [2.05, 4.69) is 15.0 Å². The lowest BCUT2D eigenvalue weighted by atomic mass is 10.1. The third-order valence-corrected chi connectivity index (χ3v) is 6.42. The van der Waals surface area contributed by atoms with Gasteiger partial charge in [-0.05, 0) is 24.3 Å². The number of benzene rings is 2. The van der Waals surface area contributed by atoms with Crippen LogP contribution in [-0.4, -0.2) is 52.0 Å². The lowest BCUT2D eigenvalue weighted by Crippen LogP contribution is -2.48. The maximum Gasteiger partial charge on any atom is 0.276 e. The maximum atomic E-state index is 13.1. The summed E-state index contributed by atoms with van der Waals surface area (Å²) in [6.45, 7) is 3.50. The highest BCUT2D eigenvalue weighted by molar-refractivity contribution is 7.13. The van der Waals surface area contributed by atoms with Crippen LogP contribution >= 0.6 is 11.3 Å². The molecule has 162 valence electrons. The number of rotatable bonds is 5. The molecule has 2 aromatic heterocycles. The normalized spacial score (nSPS) is 14.6. The number of amides is 1. The Hall–Kier alpha value is -3.36. The summed E-state index contributed by atoms with van der Waals surface area (Å²) in [7, 11) is 0. The van der Waals surface area contributed by atoms with E-state index in [1.807, 2.05) is 40.6 Å². The first-order valence-corrected chi connectivity index (χ1v) is 11.3. The Kier molecular flexibility index (Phi) is 5.79. The Labute approximate surface area is 188 Å². The predicted octanol–water partition coefficient (Wildman–Crippen LogP) is 4.56. The van der Waals surface area contributed by atoms with Gasteiger partial charge in [0.05, 0.1) is 5.69 Å². The molecule has 1 aliphatic heterocycles. The maximum absolute atomic E-state index is 13.1. The van der Waals surface area contributed by atoms with Crippen LogP contribution in [0.2, 0.25) is 0 Å². The molecule has 0 unspecified atom stereocenters. The van der Waals surface area contributed by atoms with E-state index in [9.17, 15) is 9.18 Å². The molecule has 3 heterocycles. The Bertz CT molecular complexity index is 1200. The van der Waals surface area contributed by atoms with Gasteiger partial charge in [-0.25, -0.2) is 9.37 Å². The molecule has 0 aliphatic carbocycles. The number of carbonyl (C=O) groups excluding carboxylic acids is 1. The van der Waals surface area contributed by atoms with Crippen LogP contribution in [0.15, 0.2) is 70.6 Å². The largest absolute Gasteiger partial charge is 0.355 e. The predicted molar refractivity (Wildman–Crippen MR) is 121 cm³/mol. The SMILES string of the molecule is O=C(c1cc(-c2ccccc2)on1)N1CCN(Cc2csc(-c3ccc(F)cc3)n2)CC1. The van der Waals surface area contributed by atoms with Gasteiger partial charge in [0.15, 0.2) is 11.5 Å². The van der Waals surface area contributed by atoms with E-state index in [-0.39, 0.29) is 11.7 Å². The van der Waals surface area contributed by atoms with Crippen molar-refractivity contribution in [2.24, 2.45) is 0 Å². The van der Waals surface area contributed by atoms with Gasteiger partial charge in [-0.1, -0.05) is 35.5 Å². The molecular formula is C24H21FN4O2S. The van der Waals surface area contributed by atoms with Crippen molar-refractivity contribution in [1.82, 2.24) is 19.9 Å². The van der Waals surface area contributed by atoms with Gasteiger partial charge < -0.3 is 9.42 Å². The van der Waals surface area contributed by atoms with E-state index in [0.717, 1.165) is 41.5 Å². The molecule has 1 amide bonds. The van der Waals surface area contributed by atoms with E-state index in [1.165, 1.54) is 12.1 Å². The first-order valence-electron chi connectivity index (χ1n) is 10.4. The van der Waals surface area contributed by atoms with E-state index in [0.29, 0.717) is 24.5 Å². The zero-order chi connectivity index (χ0) is 21.9. The number of halogens is 1. The molecule has 0 bridgehead atoms. The van der Waals surface area contributed by atoms with Gasteiger partial charge in [-0.2, -0.15) is 0 Å². The molecule has 1 saturated heterocycles. The number of aromatic nitrogens is 2. The van der Waals surface area contributed by atoms with Gasteiger partial charge in [0, 0.05) is 55.3 Å². The van der Waals surface area contributed by atoms with Crippen molar-refractivity contribution in [1.29, 1.82) is 0 Å². The average molecular weight is 449 g/mol. The quantitative estimate of drug-likeness (QED) is 0.448. The summed E-state index contributed by atoms with van der Waals surface area (Å²) in [6, 6.07) is 17.7. The second kappa shape index (κ2) is 9.02. The first kappa shape index (κ1) is 20.5. The van der Waals surface area contributed by atoms with Crippen molar-refractivity contribution >= 4 is 17.2 Å². The molecule has 1 aliphatic rings. The van der Waals surface area contributed by atoms with Crippen LogP contribution in [0.4, 0.5) is 4.39 Å². The van der Waals surface area contributed by atoms with Gasteiger partial charge in [-0.3, -0.25) is 9.69 Å². The van der Waals surface area contributed by atoms with Crippen LogP contribution in [0.25, 0.3) is 21.9 Å². The van der Waals surface area contributed by atoms with E-state index in [1.54, 1.807) is 29.5 Å². The number of carbonyl (C=O) groups is 1. The van der Waals surface area contributed by atoms with Crippen molar-refractivity contribution < 1.29 is 13.7 Å². The number of nitrogens with zero attached hydrogens (tertiary/aromatic N) is 4. The topological polar surface area (TPSA) is 62.5 Å². The smallest absolute Gasteiger partial charge is 0.276 e. The molecule has 2 aromatic carbocycles. The third kappa shape index (κ3) is 4.46. The lowest BCUT2D eigenvalue weighted by molar-refractivity contribution is 0.0617. The molecule has 0 saturated carbocycles. The Morgan fingerprint density at radius 1 is 1.00 bits per heavy atom. The van der Waals surface area contributed by atoms with Crippen molar-refractivity contribution in [2.75, 3.05) is 26.2 Å². The highest BCUT2D eigenvalue weighted by Crippen LogP contribution is 2.25. The summed E-state index contributed by atoms with van der Waals surface area (Å²) >= 11 is 1.56. The second-order valence-electron chi connectivity index (χ2n) is 7.66. The highest BCUT2D eigenvalue weighted by Gasteiger charge is 2.25. The monoisotopic (exact) mass is 448 g/mol. The van der Waals surface area contributed by atoms with Gasteiger partial charge in [0.25, 0.3) is 5.91 Å². The summed E-state index contributed by atoms with van der Waals surface area (Å²) in [4.78, 5) is 21.6. The van der Waals surface area contributed by atoms with Crippen LogP contribution < -0.4 is 0 Å². The zero-order valence-corrected chi connectivity index (χ0v) is 18.1. The Morgan fingerprint density at radius 2 is 1.75 bits per heavy atom. The first-order chi connectivity index (χ1) is 15.7. The molecule has 0 N–H and O–H groups in total. The molecule has 0 atom stereocenters. The van der Waals surface area contributed by atoms with Crippen molar-refractivity contribution in [3.05, 3.63) is 83.2 Å². The minimum absolute atomic E-state index is 0.108. The van der Waals surface area contributed by atoms with Gasteiger partial charge in [0.1, 0.15) is 10.8 Å². The number of thiazole rings is 1. The van der Waals surface area contributed by atoms with Crippen LogP contribution in [0.1, 0.15) is 16.2 Å². The fourth-order valence-electron chi connectivity index (χ4n) is 3.72. The molecule has 0 spiro atoms. The molecule has 4 aromatic rings. The Balaban J connectivity index is 1.17. The summed E-state index contributed by atoms with van der Waals surface area (Å²) in [5.41, 5.74) is 3.13. The minimum atomic E-state index is -0.250. The van der Waals surface area contributed by atoms with E-state index < -0.39 is 0 Å². The number of hydrogen-bond donors (Lipinski definition) is 0. The molecule has 8 heteroatoms. The zero-order valence-electron chi connectivity index (χ0n) is 17.3. The number of piperazine rings is 1. The molecule has 5 rings (SSSR count). The van der Waals surface area contributed by atoms with Crippen molar-refractivity contribution in [3.63, 3.8) is 0 Å². The molecule has 1 fully saturated rings. The van der Waals surface area contributed by atoms with Crippen molar-refractivity contribution in [3.8, 4) is 21.9 Å². The van der Waals surface area contributed by atoms with Gasteiger partial charge in [-0.15, -0.1) is 11.3 Å². The summed E-state index contributed by atoms with van der Waals surface area (Å²) in [5.74, 6) is 0.232. The van der Waals surface area contributed by atoms with E-state index in [4.69, 9.17) is 4.52 Å². The molecule has 32 heavy (non-hydrogen) atoms. The van der Waals surface area contributed by atoms with Crippen LogP contribution in [0.3, 0.4) is 0 Å². The molecular weight excluding hydrogens is 427 g/mol. The van der Waals surface area contributed by atoms with Crippen LogP contribution in [0.5, 0.6) is 0 Å². The fourth-order valence-corrected chi connectivity index (χ4v) is 4.54. The molecule has 6 nitrogen and oxygen atoms in total. The fraction of sp³-hybridized carbons (Fsp3) is 0.208. The van der Waals surface area contributed by atoms with Gasteiger partial charge in [0.2, 0.25) is 0 Å². The standard InChI is InChI=1S/C24H21FN4O2S/c25-19-8-6-18(7-9-19)23-26-20(16-32-23)15-28-10-12-29(13-11-28)24(30)21-14-22(31-27-21)17-4-2-1-3-5-17/h1-9,14,16H,10-13,15H2. The third-order valence-electron chi connectivity index (χ3n) is 5.48. The van der Waals surface area contributed by atoms with Crippen molar-refractivity contribution in [2.45, 2.75) is 6.54 Å².